The number of aliphatic hydroxyl groups is 1. The maximum Gasteiger partial charge on any atom is 0.0897 e. The highest BCUT2D eigenvalue weighted by Crippen LogP contribution is 2.29. The molecule has 2 atom stereocenters. The lowest BCUT2D eigenvalue weighted by molar-refractivity contribution is 0.0395. The minimum absolute atomic E-state index is 0.363. The topological polar surface area (TPSA) is 41.5 Å². The summed E-state index contributed by atoms with van der Waals surface area (Å²) in [5.74, 6) is 0.828. The van der Waals surface area contributed by atoms with Crippen molar-refractivity contribution in [2.45, 2.75) is 45.3 Å². The zero-order chi connectivity index (χ0) is 10.4. The minimum atomic E-state index is -0.363. The van der Waals surface area contributed by atoms with Crippen LogP contribution in [-0.4, -0.2) is 37.0 Å². The smallest absolute Gasteiger partial charge is 0.0897 e. The number of nitrogens with one attached hydrogen (secondary N) is 1. The van der Waals surface area contributed by atoms with E-state index in [1.165, 1.54) is 19.3 Å². The molecule has 2 unspecified atom stereocenters. The van der Waals surface area contributed by atoms with Gasteiger partial charge in [0.25, 0.3) is 0 Å². The van der Waals surface area contributed by atoms with Crippen molar-refractivity contribution in [3.8, 4) is 0 Å². The summed E-state index contributed by atoms with van der Waals surface area (Å²) >= 11 is 0. The molecule has 1 rings (SSSR count). The molecule has 0 heterocycles. The predicted octanol–water partition coefficient (Wildman–Crippen LogP) is 1.16. The summed E-state index contributed by atoms with van der Waals surface area (Å²) in [5.41, 5.74) is 0. The van der Waals surface area contributed by atoms with Crippen LogP contribution in [-0.2, 0) is 4.74 Å². The Morgan fingerprint density at radius 3 is 2.71 bits per heavy atom. The standard InChI is InChI=1S/C11H23NO2/c1-3-14-8-11(13)7-12-9(2)10-5-4-6-10/h9-13H,3-8H2,1-2H3. The first kappa shape index (κ1) is 12.0. The molecule has 0 radical (unpaired) electrons. The van der Waals surface area contributed by atoms with Gasteiger partial charge >= 0.3 is 0 Å². The van der Waals surface area contributed by atoms with E-state index in [4.69, 9.17) is 4.74 Å². The second-order valence-corrected chi connectivity index (χ2v) is 4.20. The van der Waals surface area contributed by atoms with Gasteiger partial charge in [-0.05, 0) is 32.6 Å². The van der Waals surface area contributed by atoms with Crippen molar-refractivity contribution in [1.29, 1.82) is 0 Å². The Bertz CT molecular complexity index is 148. The van der Waals surface area contributed by atoms with E-state index in [1.807, 2.05) is 6.92 Å². The number of rotatable bonds is 7. The third-order valence-electron chi connectivity index (χ3n) is 3.05. The van der Waals surface area contributed by atoms with Crippen LogP contribution < -0.4 is 5.32 Å². The van der Waals surface area contributed by atoms with Crippen molar-refractivity contribution in [3.63, 3.8) is 0 Å². The van der Waals surface area contributed by atoms with Crippen molar-refractivity contribution >= 4 is 0 Å². The van der Waals surface area contributed by atoms with Gasteiger partial charge in [0, 0.05) is 19.2 Å². The van der Waals surface area contributed by atoms with Gasteiger partial charge in [0.1, 0.15) is 0 Å². The summed E-state index contributed by atoms with van der Waals surface area (Å²) in [6, 6.07) is 0.542. The Balaban J connectivity index is 2.00. The molecule has 2 N–H and O–H groups in total. The molecule has 1 saturated carbocycles. The molecule has 0 saturated heterocycles. The average molecular weight is 201 g/mol. The Hall–Kier alpha value is -0.120. The molecule has 1 fully saturated rings. The maximum absolute atomic E-state index is 9.51. The average Bonchev–Trinajstić information content (AvgIpc) is 2.08. The Labute approximate surface area is 86.8 Å². The van der Waals surface area contributed by atoms with Crippen LogP contribution in [0.2, 0.25) is 0 Å². The Morgan fingerprint density at radius 1 is 1.50 bits per heavy atom. The van der Waals surface area contributed by atoms with Crippen LogP contribution in [0.25, 0.3) is 0 Å². The largest absolute Gasteiger partial charge is 0.389 e. The fraction of sp³-hybridized carbons (Fsp3) is 1.00. The molecule has 0 aliphatic heterocycles. The lowest BCUT2D eigenvalue weighted by atomic mass is 9.80. The van der Waals surface area contributed by atoms with Gasteiger partial charge in [-0.15, -0.1) is 0 Å². The van der Waals surface area contributed by atoms with Crippen LogP contribution in [0.4, 0.5) is 0 Å². The summed E-state index contributed by atoms with van der Waals surface area (Å²) in [6.45, 7) is 5.92. The van der Waals surface area contributed by atoms with Crippen LogP contribution in [0.3, 0.4) is 0 Å². The van der Waals surface area contributed by atoms with Gasteiger partial charge in [-0.25, -0.2) is 0 Å². The fourth-order valence-corrected chi connectivity index (χ4v) is 1.74. The second kappa shape index (κ2) is 6.38. The SMILES string of the molecule is CCOCC(O)CNC(C)C1CCC1. The first-order valence-corrected chi connectivity index (χ1v) is 5.73. The first-order chi connectivity index (χ1) is 6.74. The molecule has 0 bridgehead atoms. The molecule has 1 aliphatic carbocycles. The third kappa shape index (κ3) is 3.95. The van der Waals surface area contributed by atoms with E-state index in [2.05, 4.69) is 12.2 Å². The molecule has 0 amide bonds. The van der Waals surface area contributed by atoms with Crippen LogP contribution >= 0.6 is 0 Å². The van der Waals surface area contributed by atoms with E-state index in [0.717, 1.165) is 5.92 Å². The van der Waals surface area contributed by atoms with Gasteiger partial charge in [0.2, 0.25) is 0 Å². The quantitative estimate of drug-likeness (QED) is 0.649. The number of hydrogen-bond donors (Lipinski definition) is 2. The third-order valence-corrected chi connectivity index (χ3v) is 3.05. The second-order valence-electron chi connectivity index (χ2n) is 4.20. The van der Waals surface area contributed by atoms with Gasteiger partial charge < -0.3 is 15.2 Å². The van der Waals surface area contributed by atoms with Crippen molar-refractivity contribution in [2.24, 2.45) is 5.92 Å². The van der Waals surface area contributed by atoms with Crippen molar-refractivity contribution in [1.82, 2.24) is 5.32 Å². The molecule has 3 heteroatoms. The summed E-state index contributed by atoms with van der Waals surface area (Å²) in [6.07, 6.45) is 3.70. The zero-order valence-electron chi connectivity index (χ0n) is 9.33. The molecular weight excluding hydrogens is 178 g/mol. The van der Waals surface area contributed by atoms with E-state index in [0.29, 0.717) is 25.8 Å². The molecule has 84 valence electrons. The molecule has 3 nitrogen and oxygen atoms in total. The number of ether oxygens (including phenoxy) is 1. The van der Waals surface area contributed by atoms with Gasteiger partial charge in [0.05, 0.1) is 12.7 Å². The lowest BCUT2D eigenvalue weighted by Gasteiger charge is -2.32. The van der Waals surface area contributed by atoms with Crippen molar-refractivity contribution in [2.75, 3.05) is 19.8 Å². The van der Waals surface area contributed by atoms with Crippen LogP contribution in [0.15, 0.2) is 0 Å². The van der Waals surface area contributed by atoms with Gasteiger partial charge in [-0.2, -0.15) is 0 Å². The van der Waals surface area contributed by atoms with E-state index >= 15 is 0 Å². The fourth-order valence-electron chi connectivity index (χ4n) is 1.74. The van der Waals surface area contributed by atoms with Crippen LogP contribution in [0, 0.1) is 5.92 Å². The van der Waals surface area contributed by atoms with Gasteiger partial charge in [-0.1, -0.05) is 6.42 Å². The zero-order valence-corrected chi connectivity index (χ0v) is 9.33. The minimum Gasteiger partial charge on any atom is -0.389 e. The molecule has 0 aromatic rings. The van der Waals surface area contributed by atoms with Crippen LogP contribution in [0.1, 0.15) is 33.1 Å². The van der Waals surface area contributed by atoms with Crippen molar-refractivity contribution < 1.29 is 9.84 Å². The predicted molar refractivity (Wildman–Crippen MR) is 57.3 cm³/mol. The Kier molecular flexibility index (Phi) is 5.45. The van der Waals surface area contributed by atoms with Gasteiger partial charge in [0.15, 0.2) is 0 Å². The highest BCUT2D eigenvalue weighted by Gasteiger charge is 2.23. The number of hydrogen-bond acceptors (Lipinski definition) is 3. The molecule has 14 heavy (non-hydrogen) atoms. The summed E-state index contributed by atoms with van der Waals surface area (Å²) in [5, 5.41) is 12.9. The number of aliphatic hydroxyl groups excluding tert-OH is 1. The van der Waals surface area contributed by atoms with E-state index in [1.54, 1.807) is 0 Å². The van der Waals surface area contributed by atoms with Crippen molar-refractivity contribution in [3.05, 3.63) is 0 Å². The monoisotopic (exact) mass is 201 g/mol. The lowest BCUT2D eigenvalue weighted by Crippen LogP contribution is -2.41. The maximum atomic E-state index is 9.51. The molecule has 0 aromatic heterocycles. The van der Waals surface area contributed by atoms with Gasteiger partial charge in [-0.3, -0.25) is 0 Å². The Morgan fingerprint density at radius 2 is 2.21 bits per heavy atom. The normalized spacial score (nSPS) is 21.6. The summed E-state index contributed by atoms with van der Waals surface area (Å²) in [7, 11) is 0. The molecular formula is C11H23NO2. The highest BCUT2D eigenvalue weighted by molar-refractivity contribution is 4.80. The highest BCUT2D eigenvalue weighted by atomic mass is 16.5. The van der Waals surface area contributed by atoms with E-state index < -0.39 is 0 Å². The molecule has 1 aliphatic rings. The molecule has 0 aromatic carbocycles. The first-order valence-electron chi connectivity index (χ1n) is 5.73. The summed E-state index contributed by atoms with van der Waals surface area (Å²) < 4.78 is 5.14. The van der Waals surface area contributed by atoms with Crippen LogP contribution in [0.5, 0.6) is 0 Å². The summed E-state index contributed by atoms with van der Waals surface area (Å²) in [4.78, 5) is 0. The van der Waals surface area contributed by atoms with E-state index in [9.17, 15) is 5.11 Å². The molecule has 0 spiro atoms. The van der Waals surface area contributed by atoms with E-state index in [-0.39, 0.29) is 6.10 Å².